The van der Waals surface area contributed by atoms with Gasteiger partial charge in [0.1, 0.15) is 5.75 Å². The molecule has 0 aliphatic heterocycles. The first-order valence-corrected chi connectivity index (χ1v) is 5.67. The second-order valence-corrected chi connectivity index (χ2v) is 5.04. The van der Waals surface area contributed by atoms with E-state index >= 15 is 0 Å². The van der Waals surface area contributed by atoms with E-state index in [0.29, 0.717) is 11.3 Å². The number of carbonyl (C=O) groups is 2. The Morgan fingerprint density at radius 1 is 1.17 bits per heavy atom. The van der Waals surface area contributed by atoms with Crippen molar-refractivity contribution in [3.8, 4) is 5.75 Å². The van der Waals surface area contributed by atoms with Crippen LogP contribution in [0.25, 0.3) is 0 Å². The first-order valence-electron chi connectivity index (χ1n) is 5.67. The molecular formula is C14H18O4. The Hall–Kier alpha value is -1.84. The molecule has 0 bridgehead atoms. The Bertz CT molecular complexity index is 469. The van der Waals surface area contributed by atoms with Crippen molar-refractivity contribution in [3.05, 3.63) is 29.3 Å². The Labute approximate surface area is 107 Å². The number of ether oxygens (including phenoxy) is 2. The average Bonchev–Trinajstić information content (AvgIpc) is 2.26. The van der Waals surface area contributed by atoms with Crippen molar-refractivity contribution in [1.82, 2.24) is 0 Å². The summed E-state index contributed by atoms with van der Waals surface area (Å²) in [6, 6.07) is 4.90. The van der Waals surface area contributed by atoms with E-state index in [1.165, 1.54) is 14.0 Å². The van der Waals surface area contributed by atoms with Gasteiger partial charge in [-0.2, -0.15) is 0 Å². The minimum Gasteiger partial charge on any atom is -0.465 e. The molecule has 0 aromatic heterocycles. The van der Waals surface area contributed by atoms with Gasteiger partial charge >= 0.3 is 11.9 Å². The second-order valence-electron chi connectivity index (χ2n) is 5.04. The Morgan fingerprint density at radius 3 is 2.22 bits per heavy atom. The van der Waals surface area contributed by atoms with Gasteiger partial charge in [0.05, 0.1) is 12.7 Å². The molecule has 0 heterocycles. The predicted octanol–water partition coefficient (Wildman–Crippen LogP) is 2.70. The van der Waals surface area contributed by atoms with Crippen molar-refractivity contribution in [2.45, 2.75) is 33.1 Å². The molecule has 0 aliphatic rings. The standard InChI is InChI=1S/C14H18O4/c1-9(15)18-10-6-7-11(13(16)17-5)12(8-10)14(2,3)4/h6-8H,1-5H3. The molecule has 0 unspecified atom stereocenters. The third kappa shape index (κ3) is 3.32. The monoisotopic (exact) mass is 250 g/mol. The zero-order valence-electron chi connectivity index (χ0n) is 11.4. The lowest BCUT2D eigenvalue weighted by atomic mass is 9.83. The van der Waals surface area contributed by atoms with Gasteiger partial charge in [-0.1, -0.05) is 20.8 Å². The van der Waals surface area contributed by atoms with E-state index < -0.39 is 5.97 Å². The average molecular weight is 250 g/mol. The topological polar surface area (TPSA) is 52.6 Å². The molecule has 0 amide bonds. The van der Waals surface area contributed by atoms with E-state index in [-0.39, 0.29) is 11.4 Å². The van der Waals surface area contributed by atoms with Crippen LogP contribution in [0.15, 0.2) is 18.2 Å². The second kappa shape index (κ2) is 5.21. The third-order valence-electron chi connectivity index (χ3n) is 2.47. The highest BCUT2D eigenvalue weighted by Crippen LogP contribution is 2.30. The van der Waals surface area contributed by atoms with Gasteiger partial charge in [0.25, 0.3) is 0 Å². The highest BCUT2D eigenvalue weighted by molar-refractivity contribution is 5.91. The van der Waals surface area contributed by atoms with Gasteiger partial charge in [0, 0.05) is 6.92 Å². The zero-order valence-corrected chi connectivity index (χ0v) is 11.4. The smallest absolute Gasteiger partial charge is 0.338 e. The largest absolute Gasteiger partial charge is 0.465 e. The van der Waals surface area contributed by atoms with Gasteiger partial charge < -0.3 is 9.47 Å². The SMILES string of the molecule is COC(=O)c1ccc(OC(C)=O)cc1C(C)(C)C. The maximum absolute atomic E-state index is 11.7. The van der Waals surface area contributed by atoms with Crippen molar-refractivity contribution in [2.75, 3.05) is 7.11 Å². The number of hydrogen-bond donors (Lipinski definition) is 0. The van der Waals surface area contributed by atoms with Gasteiger partial charge in [-0.3, -0.25) is 4.79 Å². The van der Waals surface area contributed by atoms with Crippen LogP contribution in [-0.4, -0.2) is 19.0 Å². The van der Waals surface area contributed by atoms with Crippen LogP contribution in [-0.2, 0) is 14.9 Å². The van der Waals surface area contributed by atoms with Gasteiger partial charge in [-0.15, -0.1) is 0 Å². The van der Waals surface area contributed by atoms with Crippen LogP contribution in [0.3, 0.4) is 0 Å². The molecule has 0 saturated heterocycles. The zero-order chi connectivity index (χ0) is 13.9. The van der Waals surface area contributed by atoms with Crippen LogP contribution < -0.4 is 4.74 Å². The third-order valence-corrected chi connectivity index (χ3v) is 2.47. The summed E-state index contributed by atoms with van der Waals surface area (Å²) in [5.74, 6) is -0.352. The van der Waals surface area contributed by atoms with Crippen LogP contribution in [0.1, 0.15) is 43.6 Å². The van der Waals surface area contributed by atoms with Crippen LogP contribution >= 0.6 is 0 Å². The molecule has 0 spiro atoms. The summed E-state index contributed by atoms with van der Waals surface area (Å²) < 4.78 is 9.77. The minimum absolute atomic E-state index is 0.250. The Balaban J connectivity index is 3.29. The summed E-state index contributed by atoms with van der Waals surface area (Å²) in [6.45, 7) is 7.27. The molecule has 1 aromatic rings. The fourth-order valence-electron chi connectivity index (χ4n) is 1.66. The summed E-state index contributed by atoms with van der Waals surface area (Å²) in [6.07, 6.45) is 0. The lowest BCUT2D eigenvalue weighted by Crippen LogP contribution is -2.18. The molecule has 0 aliphatic carbocycles. The molecule has 1 aromatic carbocycles. The quantitative estimate of drug-likeness (QED) is 0.598. The van der Waals surface area contributed by atoms with Crippen LogP contribution in [0, 0.1) is 0 Å². The summed E-state index contributed by atoms with van der Waals surface area (Å²) in [7, 11) is 1.34. The first kappa shape index (κ1) is 14.2. The molecule has 0 radical (unpaired) electrons. The van der Waals surface area contributed by atoms with E-state index in [0.717, 1.165) is 5.56 Å². The summed E-state index contributed by atoms with van der Waals surface area (Å²) in [4.78, 5) is 22.6. The number of methoxy groups -OCH3 is 1. The van der Waals surface area contributed by atoms with E-state index in [1.807, 2.05) is 20.8 Å². The molecule has 0 N–H and O–H groups in total. The molecule has 98 valence electrons. The van der Waals surface area contributed by atoms with Gasteiger partial charge in [-0.05, 0) is 29.2 Å². The summed E-state index contributed by atoms with van der Waals surface area (Å²) in [5, 5.41) is 0. The Morgan fingerprint density at radius 2 is 1.78 bits per heavy atom. The first-order chi connectivity index (χ1) is 8.25. The molecule has 0 fully saturated rings. The maximum atomic E-state index is 11.7. The van der Waals surface area contributed by atoms with Crippen molar-refractivity contribution in [1.29, 1.82) is 0 Å². The van der Waals surface area contributed by atoms with E-state index in [2.05, 4.69) is 0 Å². The van der Waals surface area contributed by atoms with Crippen LogP contribution in [0.4, 0.5) is 0 Å². The molecule has 4 heteroatoms. The lowest BCUT2D eigenvalue weighted by Gasteiger charge is -2.22. The van der Waals surface area contributed by atoms with Gasteiger partial charge in [0.2, 0.25) is 0 Å². The minimum atomic E-state index is -0.394. The molecule has 0 saturated carbocycles. The number of rotatable bonds is 2. The number of esters is 2. The summed E-state index contributed by atoms with van der Waals surface area (Å²) >= 11 is 0. The summed E-state index contributed by atoms with van der Waals surface area (Å²) in [5.41, 5.74) is 1.02. The molecule has 18 heavy (non-hydrogen) atoms. The number of carbonyl (C=O) groups excluding carboxylic acids is 2. The fraction of sp³-hybridized carbons (Fsp3) is 0.429. The van der Waals surface area contributed by atoms with Crippen molar-refractivity contribution < 1.29 is 19.1 Å². The maximum Gasteiger partial charge on any atom is 0.338 e. The van der Waals surface area contributed by atoms with Gasteiger partial charge in [-0.25, -0.2) is 4.79 Å². The van der Waals surface area contributed by atoms with E-state index in [9.17, 15) is 9.59 Å². The number of hydrogen-bond acceptors (Lipinski definition) is 4. The lowest BCUT2D eigenvalue weighted by molar-refractivity contribution is -0.131. The van der Waals surface area contributed by atoms with Crippen molar-refractivity contribution in [2.24, 2.45) is 0 Å². The highest BCUT2D eigenvalue weighted by atomic mass is 16.5. The van der Waals surface area contributed by atoms with Crippen LogP contribution in [0.2, 0.25) is 0 Å². The molecular weight excluding hydrogens is 232 g/mol. The highest BCUT2D eigenvalue weighted by Gasteiger charge is 2.23. The van der Waals surface area contributed by atoms with E-state index in [4.69, 9.17) is 9.47 Å². The van der Waals surface area contributed by atoms with Crippen molar-refractivity contribution in [3.63, 3.8) is 0 Å². The fourth-order valence-corrected chi connectivity index (χ4v) is 1.66. The molecule has 1 rings (SSSR count). The van der Waals surface area contributed by atoms with Crippen LogP contribution in [0.5, 0.6) is 5.75 Å². The predicted molar refractivity (Wildman–Crippen MR) is 67.8 cm³/mol. The number of benzene rings is 1. The van der Waals surface area contributed by atoms with Gasteiger partial charge in [0.15, 0.2) is 0 Å². The Kier molecular flexibility index (Phi) is 4.11. The van der Waals surface area contributed by atoms with E-state index in [1.54, 1.807) is 18.2 Å². The van der Waals surface area contributed by atoms with Crippen molar-refractivity contribution >= 4 is 11.9 Å². The normalized spacial score (nSPS) is 10.9. The molecule has 0 atom stereocenters. The molecule has 4 nitrogen and oxygen atoms in total.